The molecule has 1 aromatic carbocycles. The van der Waals surface area contributed by atoms with Crippen LogP contribution in [0.2, 0.25) is 0 Å². The van der Waals surface area contributed by atoms with Crippen LogP contribution in [0.4, 0.5) is 0 Å². The summed E-state index contributed by atoms with van der Waals surface area (Å²) in [4.78, 5) is 0.0702. The molecule has 0 aliphatic carbocycles. The quantitative estimate of drug-likeness (QED) is 0.469. The van der Waals surface area contributed by atoms with Crippen molar-refractivity contribution in [3.05, 3.63) is 24.3 Å². The average molecular weight is 319 g/mol. The number of sulfonamides is 1. The van der Waals surface area contributed by atoms with Crippen molar-refractivity contribution in [3.63, 3.8) is 0 Å². The van der Waals surface area contributed by atoms with Crippen molar-refractivity contribution in [1.29, 1.82) is 5.26 Å². The molecular weight excluding hydrogens is 308 g/mol. The molecule has 0 unspecified atom stereocenters. The molecule has 0 heterocycles. The second kappa shape index (κ2) is 5.89. The molecule has 0 N–H and O–H groups in total. The number of halogens is 1. The Morgan fingerprint density at radius 3 is 2.41 bits per heavy atom. The van der Waals surface area contributed by atoms with Crippen molar-refractivity contribution in [2.24, 2.45) is 0 Å². The van der Waals surface area contributed by atoms with Gasteiger partial charge in [-0.3, -0.25) is 0 Å². The summed E-state index contributed by atoms with van der Waals surface area (Å²) in [5.41, 5.74) is 0. The lowest BCUT2D eigenvalue weighted by atomic mass is 10.3. The first-order valence-corrected chi connectivity index (χ1v) is 7.25. The minimum atomic E-state index is -3.75. The van der Waals surface area contributed by atoms with Gasteiger partial charge >= 0.3 is 0 Å². The number of hydrogen-bond donors (Lipinski definition) is 0. The van der Waals surface area contributed by atoms with Crippen molar-refractivity contribution in [3.8, 4) is 11.9 Å². The molecule has 0 aliphatic rings. The third-order valence-electron chi connectivity index (χ3n) is 2.05. The summed E-state index contributed by atoms with van der Waals surface area (Å²) in [5, 5.41) is 9.20. The smallest absolute Gasteiger partial charge is 0.272 e. The van der Waals surface area contributed by atoms with Gasteiger partial charge < -0.3 is 4.74 Å². The zero-order valence-corrected chi connectivity index (χ0v) is 11.5. The number of rotatable bonds is 5. The van der Waals surface area contributed by atoms with Crippen LogP contribution in [0.15, 0.2) is 29.2 Å². The Balaban J connectivity index is 3.08. The van der Waals surface area contributed by atoms with Crippen LogP contribution in [0.5, 0.6) is 5.75 Å². The van der Waals surface area contributed by atoms with Gasteiger partial charge in [-0.15, -0.1) is 0 Å². The number of ether oxygens (including phenoxy) is 1. The van der Waals surface area contributed by atoms with Crippen LogP contribution >= 0.6 is 15.9 Å². The number of hydrogen-bond acceptors (Lipinski definition) is 4. The van der Waals surface area contributed by atoms with Crippen molar-refractivity contribution in [1.82, 2.24) is 4.31 Å². The second-order valence-electron chi connectivity index (χ2n) is 3.04. The summed E-state index contributed by atoms with van der Waals surface area (Å²) in [6.07, 6.45) is 1.65. The molecular formula is C10H11BrN2O3S. The van der Waals surface area contributed by atoms with Crippen LogP contribution in [-0.2, 0) is 10.0 Å². The molecule has 17 heavy (non-hydrogen) atoms. The van der Waals surface area contributed by atoms with E-state index < -0.39 is 10.0 Å². The largest absolute Gasteiger partial charge is 0.497 e. The molecule has 0 saturated carbocycles. The maximum absolute atomic E-state index is 12.0. The van der Waals surface area contributed by atoms with Gasteiger partial charge in [0.1, 0.15) is 5.75 Å². The fraction of sp³-hybridized carbons (Fsp3) is 0.300. The molecule has 7 heteroatoms. The van der Waals surface area contributed by atoms with Gasteiger partial charge in [-0.1, -0.05) is 15.9 Å². The molecule has 0 radical (unpaired) electrons. The van der Waals surface area contributed by atoms with Gasteiger partial charge in [0.25, 0.3) is 10.0 Å². The summed E-state index contributed by atoms with van der Waals surface area (Å²) in [5.74, 6) is 0.563. The van der Waals surface area contributed by atoms with Crippen molar-refractivity contribution < 1.29 is 13.2 Å². The molecule has 0 fully saturated rings. The second-order valence-corrected chi connectivity index (χ2v) is 5.70. The Hall–Kier alpha value is -1.26. The van der Waals surface area contributed by atoms with E-state index in [1.807, 2.05) is 0 Å². The van der Waals surface area contributed by atoms with Gasteiger partial charge in [-0.05, 0) is 24.3 Å². The highest BCUT2D eigenvalue weighted by Crippen LogP contribution is 2.18. The van der Waals surface area contributed by atoms with Crippen LogP contribution in [0.3, 0.4) is 0 Å². The molecule has 92 valence electrons. The maximum Gasteiger partial charge on any atom is 0.272 e. The fourth-order valence-electron chi connectivity index (χ4n) is 1.18. The molecule has 0 amide bonds. The summed E-state index contributed by atoms with van der Waals surface area (Å²) < 4.78 is 29.7. The zero-order chi connectivity index (χ0) is 12.9. The minimum absolute atomic E-state index is 0.0702. The summed E-state index contributed by atoms with van der Waals surface area (Å²) in [7, 11) is -2.26. The molecule has 0 aliphatic heterocycles. The van der Waals surface area contributed by atoms with Gasteiger partial charge in [0, 0.05) is 5.33 Å². The highest BCUT2D eigenvalue weighted by atomic mass is 79.9. The van der Waals surface area contributed by atoms with Gasteiger partial charge in [-0.2, -0.15) is 5.26 Å². The van der Waals surface area contributed by atoms with E-state index in [1.54, 1.807) is 6.19 Å². The summed E-state index contributed by atoms with van der Waals surface area (Å²) in [6, 6.07) is 5.90. The monoisotopic (exact) mass is 318 g/mol. The average Bonchev–Trinajstić information content (AvgIpc) is 2.35. The van der Waals surface area contributed by atoms with E-state index in [-0.39, 0.29) is 11.4 Å². The van der Waals surface area contributed by atoms with E-state index in [0.29, 0.717) is 11.1 Å². The topological polar surface area (TPSA) is 70.4 Å². The molecule has 5 nitrogen and oxygen atoms in total. The lowest BCUT2D eigenvalue weighted by molar-refractivity contribution is 0.414. The zero-order valence-electron chi connectivity index (χ0n) is 9.13. The number of nitrogens with zero attached hydrogens (tertiary/aromatic N) is 2. The lowest BCUT2D eigenvalue weighted by Crippen LogP contribution is -2.28. The Morgan fingerprint density at radius 2 is 2.00 bits per heavy atom. The van der Waals surface area contributed by atoms with Crippen LogP contribution in [-0.4, -0.2) is 31.7 Å². The van der Waals surface area contributed by atoms with E-state index >= 15 is 0 Å². The van der Waals surface area contributed by atoms with Gasteiger partial charge in [0.15, 0.2) is 6.19 Å². The predicted molar refractivity (Wildman–Crippen MR) is 66.3 cm³/mol. The first kappa shape index (κ1) is 13.8. The molecule has 0 saturated heterocycles. The van der Waals surface area contributed by atoms with Gasteiger partial charge in [0.2, 0.25) is 0 Å². The van der Waals surface area contributed by atoms with Crippen LogP contribution in [0.25, 0.3) is 0 Å². The third-order valence-corrected chi connectivity index (χ3v) is 4.11. The number of alkyl halides is 1. The van der Waals surface area contributed by atoms with Crippen LogP contribution in [0, 0.1) is 11.5 Å². The Labute approximate surface area is 109 Å². The Bertz CT molecular complexity index is 507. The van der Waals surface area contributed by atoms with Crippen molar-refractivity contribution >= 4 is 26.0 Å². The summed E-state index contributed by atoms with van der Waals surface area (Å²) >= 11 is 3.10. The molecule has 0 atom stereocenters. The van der Waals surface area contributed by atoms with Crippen LogP contribution < -0.4 is 4.74 Å². The van der Waals surface area contributed by atoms with E-state index in [2.05, 4.69) is 15.9 Å². The molecule has 1 aromatic rings. The number of benzene rings is 1. The van der Waals surface area contributed by atoms with E-state index in [1.165, 1.54) is 31.4 Å². The maximum atomic E-state index is 12.0. The fourth-order valence-corrected chi connectivity index (χ4v) is 2.94. The normalized spacial score (nSPS) is 10.6. The Kier molecular flexibility index (Phi) is 4.78. The molecule has 0 spiro atoms. The first-order chi connectivity index (χ1) is 8.06. The van der Waals surface area contributed by atoms with Crippen molar-refractivity contribution in [2.75, 3.05) is 19.0 Å². The molecule has 1 rings (SSSR count). The summed E-state index contributed by atoms with van der Waals surface area (Å²) in [6.45, 7) is 0.102. The van der Waals surface area contributed by atoms with E-state index in [4.69, 9.17) is 10.00 Å². The van der Waals surface area contributed by atoms with Gasteiger partial charge in [-0.25, -0.2) is 12.7 Å². The predicted octanol–water partition coefficient (Wildman–Crippen LogP) is 1.56. The lowest BCUT2D eigenvalue weighted by Gasteiger charge is -2.14. The number of methoxy groups -OCH3 is 1. The standard InChI is InChI=1S/C10H11BrN2O3S/c1-16-9-2-4-10(5-3-9)17(14,15)13(8-12)7-6-11/h2-5H,6-7H2,1H3. The van der Waals surface area contributed by atoms with E-state index in [9.17, 15) is 8.42 Å². The van der Waals surface area contributed by atoms with E-state index in [0.717, 1.165) is 4.31 Å². The minimum Gasteiger partial charge on any atom is -0.497 e. The highest BCUT2D eigenvalue weighted by molar-refractivity contribution is 9.09. The van der Waals surface area contributed by atoms with Crippen LogP contribution in [0.1, 0.15) is 0 Å². The van der Waals surface area contributed by atoms with Gasteiger partial charge in [0.05, 0.1) is 18.6 Å². The van der Waals surface area contributed by atoms with Crippen molar-refractivity contribution in [2.45, 2.75) is 4.90 Å². The SMILES string of the molecule is COc1ccc(S(=O)(=O)N(C#N)CCBr)cc1. The highest BCUT2D eigenvalue weighted by Gasteiger charge is 2.22. The molecule has 0 aromatic heterocycles. The number of nitriles is 1. The third kappa shape index (κ3) is 3.11. The Morgan fingerprint density at radius 1 is 1.41 bits per heavy atom. The molecule has 0 bridgehead atoms. The first-order valence-electron chi connectivity index (χ1n) is 4.68.